The standard InChI is InChI=1S/C23H25N5OS/c1-4-29-20-7-8-21-17(13-20)12-18(14-24)22(28-21)25-9-10-26-23(30)27-19-6-5-15(2)16(3)11-19/h5-8,11-13H,4,9-10H2,1-3H3,(H,25,28)(H2,26,27,30). The average Bonchev–Trinajstić information content (AvgIpc) is 2.73. The maximum Gasteiger partial charge on any atom is 0.170 e. The average molecular weight is 420 g/mol. The molecular weight excluding hydrogens is 394 g/mol. The van der Waals surface area contributed by atoms with Gasteiger partial charge in [-0.3, -0.25) is 0 Å². The summed E-state index contributed by atoms with van der Waals surface area (Å²) >= 11 is 5.36. The minimum atomic E-state index is 0.493. The maximum atomic E-state index is 9.49. The molecule has 7 heteroatoms. The number of aryl methyl sites for hydroxylation is 2. The molecule has 2 aromatic carbocycles. The Morgan fingerprint density at radius 3 is 2.67 bits per heavy atom. The van der Waals surface area contributed by atoms with Crippen molar-refractivity contribution >= 4 is 39.7 Å². The molecule has 1 heterocycles. The number of hydrogen-bond acceptors (Lipinski definition) is 5. The molecule has 6 nitrogen and oxygen atoms in total. The number of hydrogen-bond donors (Lipinski definition) is 3. The molecule has 0 aliphatic rings. The van der Waals surface area contributed by atoms with Crippen LogP contribution in [0.5, 0.6) is 5.75 Å². The highest BCUT2D eigenvalue weighted by Crippen LogP contribution is 2.24. The van der Waals surface area contributed by atoms with Gasteiger partial charge in [0.25, 0.3) is 0 Å². The molecule has 0 aliphatic carbocycles. The molecule has 3 N–H and O–H groups in total. The van der Waals surface area contributed by atoms with Crippen LogP contribution in [0.3, 0.4) is 0 Å². The molecule has 1 aromatic heterocycles. The summed E-state index contributed by atoms with van der Waals surface area (Å²) in [6.07, 6.45) is 0. The highest BCUT2D eigenvalue weighted by molar-refractivity contribution is 7.80. The summed E-state index contributed by atoms with van der Waals surface area (Å²) in [6, 6.07) is 15.8. The number of nitriles is 1. The van der Waals surface area contributed by atoms with Crippen LogP contribution in [0, 0.1) is 25.2 Å². The number of fused-ring (bicyclic) bond motifs is 1. The van der Waals surface area contributed by atoms with Crippen LogP contribution in [-0.4, -0.2) is 29.8 Å². The molecule has 0 fully saturated rings. The number of rotatable bonds is 7. The van der Waals surface area contributed by atoms with E-state index in [1.807, 2.05) is 37.3 Å². The van der Waals surface area contributed by atoms with E-state index in [4.69, 9.17) is 17.0 Å². The molecule has 0 spiro atoms. The molecule has 0 saturated carbocycles. The monoisotopic (exact) mass is 419 g/mol. The Hall–Kier alpha value is -3.37. The summed E-state index contributed by atoms with van der Waals surface area (Å²) in [7, 11) is 0. The fourth-order valence-corrected chi connectivity index (χ4v) is 3.20. The lowest BCUT2D eigenvalue weighted by atomic mass is 10.1. The highest BCUT2D eigenvalue weighted by Gasteiger charge is 2.08. The number of ether oxygens (including phenoxy) is 1. The summed E-state index contributed by atoms with van der Waals surface area (Å²) in [5.74, 6) is 1.33. The lowest BCUT2D eigenvalue weighted by Gasteiger charge is -2.13. The predicted octanol–water partition coefficient (Wildman–Crippen LogP) is 4.52. The van der Waals surface area contributed by atoms with E-state index in [0.29, 0.717) is 36.2 Å². The molecule has 0 saturated heterocycles. The molecule has 0 unspecified atom stereocenters. The third kappa shape index (κ3) is 5.37. The van der Waals surface area contributed by atoms with E-state index in [-0.39, 0.29) is 0 Å². The largest absolute Gasteiger partial charge is 0.494 e. The van der Waals surface area contributed by atoms with Crippen LogP contribution < -0.4 is 20.7 Å². The van der Waals surface area contributed by atoms with Gasteiger partial charge >= 0.3 is 0 Å². The Balaban J connectivity index is 1.57. The molecule has 0 radical (unpaired) electrons. The van der Waals surface area contributed by atoms with E-state index < -0.39 is 0 Å². The van der Waals surface area contributed by atoms with Crippen molar-refractivity contribution in [2.75, 3.05) is 30.3 Å². The van der Waals surface area contributed by atoms with Crippen LogP contribution in [0.15, 0.2) is 42.5 Å². The van der Waals surface area contributed by atoms with E-state index in [1.165, 1.54) is 11.1 Å². The number of nitrogens with zero attached hydrogens (tertiary/aromatic N) is 2. The zero-order chi connectivity index (χ0) is 21.5. The predicted molar refractivity (Wildman–Crippen MR) is 126 cm³/mol. The van der Waals surface area contributed by atoms with Crippen LogP contribution >= 0.6 is 12.2 Å². The summed E-state index contributed by atoms with van der Waals surface area (Å²) in [5, 5.41) is 20.5. The van der Waals surface area contributed by atoms with Gasteiger partial charge in [-0.1, -0.05) is 6.07 Å². The normalized spacial score (nSPS) is 10.3. The van der Waals surface area contributed by atoms with E-state index in [0.717, 1.165) is 22.3 Å². The van der Waals surface area contributed by atoms with E-state index in [9.17, 15) is 5.26 Å². The smallest absolute Gasteiger partial charge is 0.170 e. The molecule has 3 aromatic rings. The van der Waals surface area contributed by atoms with Crippen molar-refractivity contribution in [1.29, 1.82) is 5.26 Å². The first-order valence-corrected chi connectivity index (χ1v) is 10.2. The quantitative estimate of drug-likeness (QED) is 0.384. The lowest BCUT2D eigenvalue weighted by Crippen LogP contribution is -2.32. The van der Waals surface area contributed by atoms with Crippen molar-refractivity contribution < 1.29 is 4.74 Å². The number of aromatic nitrogens is 1. The number of benzene rings is 2. The second-order valence-electron chi connectivity index (χ2n) is 6.89. The zero-order valence-corrected chi connectivity index (χ0v) is 18.2. The van der Waals surface area contributed by atoms with Crippen molar-refractivity contribution in [2.24, 2.45) is 0 Å². The third-order valence-electron chi connectivity index (χ3n) is 4.69. The maximum absolute atomic E-state index is 9.49. The minimum absolute atomic E-state index is 0.493. The molecule has 3 rings (SSSR count). The van der Waals surface area contributed by atoms with Gasteiger partial charge in [-0.05, 0) is 80.5 Å². The van der Waals surface area contributed by atoms with Crippen molar-refractivity contribution in [3.05, 3.63) is 59.2 Å². The van der Waals surface area contributed by atoms with Gasteiger partial charge in [0.1, 0.15) is 17.6 Å². The first-order chi connectivity index (χ1) is 14.5. The van der Waals surface area contributed by atoms with Crippen molar-refractivity contribution in [3.63, 3.8) is 0 Å². The number of thiocarbonyl (C=S) groups is 1. The van der Waals surface area contributed by atoms with Crippen LogP contribution in [0.25, 0.3) is 10.9 Å². The Bertz CT molecular complexity index is 1110. The van der Waals surface area contributed by atoms with Gasteiger partial charge in [-0.25, -0.2) is 4.98 Å². The fourth-order valence-electron chi connectivity index (χ4n) is 2.98. The molecular formula is C23H25N5OS. The third-order valence-corrected chi connectivity index (χ3v) is 4.93. The van der Waals surface area contributed by atoms with Gasteiger partial charge in [-0.15, -0.1) is 0 Å². The van der Waals surface area contributed by atoms with Gasteiger partial charge in [0, 0.05) is 24.2 Å². The van der Waals surface area contributed by atoms with E-state index >= 15 is 0 Å². The Morgan fingerprint density at radius 1 is 1.10 bits per heavy atom. The lowest BCUT2D eigenvalue weighted by molar-refractivity contribution is 0.340. The topological polar surface area (TPSA) is 82.0 Å². The Labute approximate surface area is 182 Å². The summed E-state index contributed by atoms with van der Waals surface area (Å²) in [6.45, 7) is 7.84. The fraction of sp³-hybridized carbons (Fsp3) is 0.261. The van der Waals surface area contributed by atoms with Crippen molar-refractivity contribution in [1.82, 2.24) is 10.3 Å². The Morgan fingerprint density at radius 2 is 1.93 bits per heavy atom. The molecule has 0 bridgehead atoms. The van der Waals surface area contributed by atoms with Gasteiger partial charge in [0.2, 0.25) is 0 Å². The Kier molecular flexibility index (Phi) is 7.04. The minimum Gasteiger partial charge on any atom is -0.494 e. The molecule has 0 aliphatic heterocycles. The number of pyridine rings is 1. The van der Waals surface area contributed by atoms with Crippen molar-refractivity contribution in [3.8, 4) is 11.8 Å². The van der Waals surface area contributed by atoms with Crippen LogP contribution in [0.4, 0.5) is 11.5 Å². The first kappa shape index (κ1) is 21.3. The summed E-state index contributed by atoms with van der Waals surface area (Å²) in [4.78, 5) is 4.58. The van der Waals surface area contributed by atoms with E-state index in [2.05, 4.69) is 53.0 Å². The van der Waals surface area contributed by atoms with Crippen LogP contribution in [-0.2, 0) is 0 Å². The zero-order valence-electron chi connectivity index (χ0n) is 17.4. The van der Waals surface area contributed by atoms with Crippen LogP contribution in [0.1, 0.15) is 23.6 Å². The highest BCUT2D eigenvalue weighted by atomic mass is 32.1. The van der Waals surface area contributed by atoms with Gasteiger partial charge < -0.3 is 20.7 Å². The molecule has 0 atom stereocenters. The first-order valence-electron chi connectivity index (χ1n) is 9.84. The number of anilines is 2. The molecule has 0 amide bonds. The molecule has 154 valence electrons. The summed E-state index contributed by atoms with van der Waals surface area (Å²) < 4.78 is 5.52. The van der Waals surface area contributed by atoms with Crippen LogP contribution in [0.2, 0.25) is 0 Å². The molecule has 30 heavy (non-hydrogen) atoms. The van der Waals surface area contributed by atoms with Gasteiger partial charge in [0.15, 0.2) is 5.11 Å². The van der Waals surface area contributed by atoms with Crippen molar-refractivity contribution in [2.45, 2.75) is 20.8 Å². The van der Waals surface area contributed by atoms with Gasteiger partial charge in [-0.2, -0.15) is 5.26 Å². The number of nitrogens with one attached hydrogen (secondary N) is 3. The van der Waals surface area contributed by atoms with Gasteiger partial charge in [0.05, 0.1) is 17.7 Å². The van der Waals surface area contributed by atoms with E-state index in [1.54, 1.807) is 0 Å². The SMILES string of the molecule is CCOc1ccc2nc(NCCNC(=S)Nc3ccc(C)c(C)c3)c(C#N)cc2c1. The summed E-state index contributed by atoms with van der Waals surface area (Å²) in [5.41, 5.74) is 4.71. The second kappa shape index (κ2) is 9.90. The second-order valence-corrected chi connectivity index (χ2v) is 7.30.